The Morgan fingerprint density at radius 2 is 0.866 bits per heavy atom. The highest BCUT2D eigenvalue weighted by atomic mass is 32.2. The molecule has 7 heterocycles. The first-order valence-electron chi connectivity index (χ1n) is 44.4. The van der Waals surface area contributed by atoms with E-state index in [4.69, 9.17) is 43.2 Å². The lowest BCUT2D eigenvalue weighted by Crippen LogP contribution is -2.52. The number of hydrogen-bond donors (Lipinski definition) is 4. The van der Waals surface area contributed by atoms with E-state index in [1.54, 1.807) is 88.4 Å². The standard InChI is InChI=1S/C28H29N5O.C28H30N4O3S.C24H28N4O3S.C24H20N4O3S/c1-27(2,3)21-11-9-19(10-12-21)24-25(34)33(5)26(30)32-28(24,4)22-13-14-31-23(16-22)20-8-6-7-18(15-20)17-29;29-27-30-28(24-14-6-2-7-15-24,25-16-8-3-9-17-25)26(33)32(27)20-23-13-10-18-31(19-23)36(34,35)21-22-11-4-1-5-12-22;25-23-26-24(19-9-3-1-4-10-19,20-11-5-2-6-12-20)22(29)28(23)17-18-8-7-15-27(16-18)32(30,31)21-13-14-21;1-28-22(29)24(27-23(28)26,19-9-3-2-4-10-19)20-11-5-8-18(13-20)16-32(30,31)21-12-6-7-17(14-21)15-25/h6-16,24H,1-5H3,(H2,30,32);1-9,11-12,14-17,23H,10,13,18-21H2,(H2,29,30);1-6,9-12,18,21H,7-8,13-17H2,(H2,25,26);2-14H,16H2,1H3,(H2,26,27)/t24-,28-;23-;18-;/m100./s1. The second kappa shape index (κ2) is 39.0. The molecule has 7 aliphatic rings. The molecule has 6 aliphatic heterocycles. The number of nitriles is 2. The third-order valence-electron chi connectivity index (χ3n) is 25.8. The molecule has 0 bridgehead atoms. The molecule has 1 unspecified atom stereocenters. The predicted octanol–water partition coefficient (Wildman–Crippen LogP) is 12.9. The normalized spacial score (nSPS) is 20.8. The molecular weight excluding hydrogens is 1740 g/mol. The van der Waals surface area contributed by atoms with Gasteiger partial charge >= 0.3 is 0 Å². The van der Waals surface area contributed by atoms with E-state index in [9.17, 15) is 49.7 Å². The summed E-state index contributed by atoms with van der Waals surface area (Å²) in [5.41, 5.74) is 30.9. The molecule has 18 rings (SSSR count). The van der Waals surface area contributed by atoms with Crippen LogP contribution in [-0.4, -0.2) is 165 Å². The third kappa shape index (κ3) is 19.3. The number of guanidine groups is 4. The van der Waals surface area contributed by atoms with Crippen LogP contribution in [0.2, 0.25) is 0 Å². The number of rotatable bonds is 21. The van der Waals surface area contributed by atoms with E-state index in [2.05, 4.69) is 48.9 Å². The molecule has 27 nitrogen and oxygen atoms in total. The number of carbonyl (C=O) groups excluding carboxylic acids is 4. The fraction of sp³-hybridized carbons (Fsp3) is 0.279. The van der Waals surface area contributed by atoms with Crippen LogP contribution in [0.3, 0.4) is 0 Å². The smallest absolute Gasteiger partial charge is 0.266 e. The molecular formula is C104H107N17O10S3. The van der Waals surface area contributed by atoms with Gasteiger partial charge in [0.25, 0.3) is 17.7 Å². The number of aromatic nitrogens is 1. The number of nitrogens with two attached hydrogens (primary N) is 4. The Balaban J connectivity index is 0.000000136. The zero-order chi connectivity index (χ0) is 95.1. The van der Waals surface area contributed by atoms with E-state index in [1.807, 2.05) is 219 Å². The first-order valence-corrected chi connectivity index (χ1v) is 49.2. The number of nitrogens with zero attached hydrogens (tertiary/aromatic N) is 13. The second-order valence-corrected chi connectivity index (χ2v) is 42.0. The summed E-state index contributed by atoms with van der Waals surface area (Å²) >= 11 is 0. The van der Waals surface area contributed by atoms with E-state index >= 15 is 0 Å². The van der Waals surface area contributed by atoms with Gasteiger partial charge in [-0.25, -0.2) is 53.8 Å². The molecule has 2 saturated heterocycles. The SMILES string of the molecule is CN1C(=O)C(c2ccccc2)(c2cccc(CS(=O)(=O)c3cccc(C#N)c3)c2)N=C1N.CN1C(=O)[C@@H](c2ccc(C(C)(C)C)cc2)[C@@](C)(c2ccnc(-c3cccc(C#N)c3)c2)N=C1N.NC1=NC(c2ccccc2)(c2ccccc2)C(=O)N1C[C@H]1CCCN(S(=O)(=O)C2CC2)C1.NC1=NC(c2ccccc2)(c2ccccc2)C(=O)N1C[C@H]1CCCN(S(=O)(=O)Cc2ccccc2)C1. The van der Waals surface area contributed by atoms with Gasteiger partial charge in [-0.15, -0.1) is 0 Å². The maximum Gasteiger partial charge on any atom is 0.266 e. The summed E-state index contributed by atoms with van der Waals surface area (Å²) in [6.45, 7) is 11.0. The zero-order valence-electron chi connectivity index (χ0n) is 75.4. The lowest BCUT2D eigenvalue weighted by molar-refractivity contribution is -0.131. The number of hydrogen-bond acceptors (Lipinski definition) is 21. The van der Waals surface area contributed by atoms with Crippen molar-refractivity contribution in [2.45, 2.75) is 121 Å². The van der Waals surface area contributed by atoms with E-state index in [1.165, 1.54) is 38.5 Å². The van der Waals surface area contributed by atoms with Crippen LogP contribution in [0.4, 0.5) is 0 Å². The molecule has 3 fully saturated rings. The number of pyridine rings is 1. The molecule has 30 heteroatoms. The highest BCUT2D eigenvalue weighted by Gasteiger charge is 2.55. The number of sulfonamides is 2. The Morgan fingerprint density at radius 3 is 1.34 bits per heavy atom. The van der Waals surface area contributed by atoms with Crippen molar-refractivity contribution in [1.82, 2.24) is 33.2 Å². The first-order chi connectivity index (χ1) is 64.1. The maximum absolute atomic E-state index is 14.0. The number of carbonyl (C=O) groups is 4. The topological polar surface area (TPSA) is 404 Å². The highest BCUT2D eigenvalue weighted by molar-refractivity contribution is 7.90. The number of likely N-dealkylation sites (N-methyl/N-ethyl adjacent to an activating group) is 2. The minimum absolute atomic E-state index is 0.00967. The fourth-order valence-corrected chi connectivity index (χ4v) is 23.4. The molecule has 686 valence electrons. The number of benzene rings is 10. The van der Waals surface area contributed by atoms with Crippen LogP contribution < -0.4 is 22.9 Å². The Labute approximate surface area is 783 Å². The molecule has 1 aliphatic carbocycles. The van der Waals surface area contributed by atoms with E-state index in [-0.39, 0.29) is 91.9 Å². The van der Waals surface area contributed by atoms with Gasteiger partial charge in [0.2, 0.25) is 26.0 Å². The quantitative estimate of drug-likeness (QED) is 0.0519. The van der Waals surface area contributed by atoms with Crippen molar-refractivity contribution in [2.75, 3.05) is 53.4 Å². The van der Waals surface area contributed by atoms with Crippen molar-refractivity contribution in [1.29, 1.82) is 10.5 Å². The number of aliphatic imine (C=N–C) groups is 4. The summed E-state index contributed by atoms with van der Waals surface area (Å²) < 4.78 is 80.9. The van der Waals surface area contributed by atoms with Gasteiger partial charge in [-0.1, -0.05) is 269 Å². The molecule has 0 spiro atoms. The lowest BCUT2D eigenvalue weighted by Gasteiger charge is -2.41. The number of piperidine rings is 2. The molecule has 8 N–H and O–H groups in total. The number of amides is 4. The summed E-state index contributed by atoms with van der Waals surface area (Å²) in [6.07, 6.45) is 6.42. The van der Waals surface area contributed by atoms with Crippen molar-refractivity contribution in [3.8, 4) is 23.4 Å². The van der Waals surface area contributed by atoms with Gasteiger partial charge in [-0.05, 0) is 166 Å². The van der Waals surface area contributed by atoms with Crippen molar-refractivity contribution >= 4 is 77.4 Å². The minimum Gasteiger partial charge on any atom is -0.369 e. The fourth-order valence-electron chi connectivity index (χ4n) is 18.4. The molecule has 1 aromatic heterocycles. The summed E-state index contributed by atoms with van der Waals surface area (Å²) in [4.78, 5) is 84.0. The van der Waals surface area contributed by atoms with Crippen LogP contribution in [-0.2, 0) is 88.1 Å². The van der Waals surface area contributed by atoms with Gasteiger partial charge in [-0.3, -0.25) is 43.8 Å². The summed E-state index contributed by atoms with van der Waals surface area (Å²) in [5, 5.41) is 18.1. The van der Waals surface area contributed by atoms with Crippen molar-refractivity contribution in [2.24, 2.45) is 54.7 Å². The predicted molar refractivity (Wildman–Crippen MR) is 518 cm³/mol. The molecule has 0 radical (unpaired) electrons. The highest BCUT2D eigenvalue weighted by Crippen LogP contribution is 2.48. The van der Waals surface area contributed by atoms with Gasteiger partial charge < -0.3 is 22.9 Å². The third-order valence-corrected chi connectivity index (χ3v) is 31.6. The molecule has 1 saturated carbocycles. The van der Waals surface area contributed by atoms with Crippen LogP contribution in [0.5, 0.6) is 0 Å². The number of sulfone groups is 1. The Hall–Kier alpha value is -14.1. The van der Waals surface area contributed by atoms with Gasteiger partial charge in [0, 0.05) is 65.1 Å². The first kappa shape index (κ1) is 94.5. The van der Waals surface area contributed by atoms with Crippen LogP contribution in [0, 0.1) is 34.5 Å². The molecule has 11 aromatic rings. The van der Waals surface area contributed by atoms with Crippen molar-refractivity contribution in [3.63, 3.8) is 0 Å². The van der Waals surface area contributed by atoms with Gasteiger partial charge in [0.05, 0.1) is 56.5 Å². The Morgan fingerprint density at radius 1 is 0.433 bits per heavy atom. The van der Waals surface area contributed by atoms with Crippen LogP contribution >= 0.6 is 0 Å². The summed E-state index contributed by atoms with van der Waals surface area (Å²) in [7, 11) is -7.19. The van der Waals surface area contributed by atoms with Crippen LogP contribution in [0.15, 0.2) is 322 Å². The van der Waals surface area contributed by atoms with Crippen LogP contribution in [0.25, 0.3) is 11.3 Å². The largest absolute Gasteiger partial charge is 0.369 e. The lowest BCUT2D eigenvalue weighted by atomic mass is 9.73. The van der Waals surface area contributed by atoms with E-state index in [0.29, 0.717) is 67.2 Å². The Kier molecular flexibility index (Phi) is 27.5. The zero-order valence-corrected chi connectivity index (χ0v) is 77.9. The van der Waals surface area contributed by atoms with Crippen LogP contribution in [0.1, 0.15) is 144 Å². The molecule has 10 aromatic carbocycles. The van der Waals surface area contributed by atoms with Gasteiger partial charge in [0.15, 0.2) is 50.3 Å². The molecule has 134 heavy (non-hydrogen) atoms. The monoisotopic (exact) mass is 1850 g/mol. The maximum atomic E-state index is 14.0. The van der Waals surface area contributed by atoms with Crippen molar-refractivity contribution < 1.29 is 44.4 Å². The summed E-state index contributed by atoms with van der Waals surface area (Å²) in [6, 6.07) is 92.3. The van der Waals surface area contributed by atoms with E-state index in [0.717, 1.165) is 83.0 Å². The van der Waals surface area contributed by atoms with Gasteiger partial charge in [-0.2, -0.15) is 10.5 Å². The Bertz CT molecular complexity index is 6720. The summed E-state index contributed by atoms with van der Waals surface area (Å²) in [5.74, 6) is -1.09. The van der Waals surface area contributed by atoms with Crippen molar-refractivity contribution in [3.05, 3.63) is 370 Å². The van der Waals surface area contributed by atoms with E-state index < -0.39 is 58.0 Å². The van der Waals surface area contributed by atoms with Gasteiger partial charge in [0.1, 0.15) is 5.54 Å². The molecule has 4 amide bonds. The minimum atomic E-state index is -3.71. The average molecular weight is 1850 g/mol. The average Bonchev–Trinajstić information content (AvgIpc) is 1.32. The second-order valence-electron chi connectivity index (χ2n) is 35.8. The molecule has 5 atom stereocenters.